The summed E-state index contributed by atoms with van der Waals surface area (Å²) >= 11 is 1.50. The third kappa shape index (κ3) is 2.82. The summed E-state index contributed by atoms with van der Waals surface area (Å²) < 4.78 is 5.96. The summed E-state index contributed by atoms with van der Waals surface area (Å²) in [7, 11) is 1.59. The Hall–Kier alpha value is -2.61. The maximum absolute atomic E-state index is 11.5. The van der Waals surface area contributed by atoms with Gasteiger partial charge in [-0.05, 0) is 31.5 Å². The molecule has 0 saturated carbocycles. The lowest BCUT2D eigenvalue weighted by atomic mass is 10.1. The van der Waals surface area contributed by atoms with Gasteiger partial charge in [0.1, 0.15) is 5.52 Å². The summed E-state index contributed by atoms with van der Waals surface area (Å²) in [5.41, 5.74) is 3.87. The van der Waals surface area contributed by atoms with Gasteiger partial charge in [0.05, 0.1) is 16.6 Å². The van der Waals surface area contributed by atoms with E-state index in [0.717, 1.165) is 40.2 Å². The Morgan fingerprint density at radius 3 is 3.04 bits per heavy atom. The van der Waals surface area contributed by atoms with Gasteiger partial charge in [-0.25, -0.2) is 9.78 Å². The monoisotopic (exact) mass is 357 g/mol. The first-order chi connectivity index (χ1) is 12.0. The zero-order valence-electron chi connectivity index (χ0n) is 14.3. The Bertz CT molecular complexity index is 948. The van der Waals surface area contributed by atoms with E-state index in [1.165, 1.54) is 11.3 Å². The third-order valence-electron chi connectivity index (χ3n) is 4.39. The molecule has 1 aliphatic heterocycles. The number of hydrogen-bond donors (Lipinski definition) is 2. The molecule has 1 aliphatic rings. The van der Waals surface area contributed by atoms with Gasteiger partial charge in [0.15, 0.2) is 10.7 Å². The van der Waals surface area contributed by atoms with Crippen molar-refractivity contribution in [2.75, 3.05) is 23.8 Å². The molecular weight excluding hydrogens is 338 g/mol. The molecule has 0 saturated heterocycles. The van der Waals surface area contributed by atoms with Crippen LogP contribution in [0, 0.1) is 6.92 Å². The second-order valence-corrected chi connectivity index (χ2v) is 7.15. The van der Waals surface area contributed by atoms with Crippen LogP contribution in [0.25, 0.3) is 11.1 Å². The number of carbonyl (C=O) groups is 1. The Balaban J connectivity index is 1.63. The van der Waals surface area contributed by atoms with Crippen molar-refractivity contribution in [2.45, 2.75) is 26.3 Å². The number of benzene rings is 1. The van der Waals surface area contributed by atoms with E-state index in [1.807, 2.05) is 25.1 Å². The number of thiazole rings is 1. The smallest absolute Gasteiger partial charge is 0.320 e. The van der Waals surface area contributed by atoms with Crippen molar-refractivity contribution in [3.63, 3.8) is 0 Å². The summed E-state index contributed by atoms with van der Waals surface area (Å²) in [5, 5.41) is 5.91. The van der Waals surface area contributed by atoms with Gasteiger partial charge in [0.2, 0.25) is 0 Å². The topological polar surface area (TPSA) is 83.3 Å². The first-order valence-electron chi connectivity index (χ1n) is 8.17. The number of urea groups is 1. The standard InChI is InChI=1S/C17H19N5O2S/c1-9-4-5-13-12(8-9)20-17(24-13)22-7-6-11-14(10(22)2)25-16(19-11)21-15(23)18-3/h4-5,8,10H,6-7H2,1-3H3,(H2,18,19,21,23)/t10-/m0/s1. The van der Waals surface area contributed by atoms with Crippen molar-refractivity contribution in [3.8, 4) is 0 Å². The fraction of sp³-hybridized carbons (Fsp3) is 0.353. The molecule has 0 bridgehead atoms. The molecule has 0 fully saturated rings. The Morgan fingerprint density at radius 2 is 2.24 bits per heavy atom. The summed E-state index contributed by atoms with van der Waals surface area (Å²) in [6, 6.07) is 6.47. The Kier molecular flexibility index (Phi) is 3.84. The van der Waals surface area contributed by atoms with E-state index in [9.17, 15) is 4.79 Å². The van der Waals surface area contributed by atoms with Crippen molar-refractivity contribution >= 4 is 39.6 Å². The van der Waals surface area contributed by atoms with Gasteiger partial charge in [0, 0.05) is 20.0 Å². The molecule has 8 heteroatoms. The number of nitrogens with one attached hydrogen (secondary N) is 2. The van der Waals surface area contributed by atoms with E-state index in [-0.39, 0.29) is 12.1 Å². The molecule has 25 heavy (non-hydrogen) atoms. The van der Waals surface area contributed by atoms with Crippen molar-refractivity contribution in [1.82, 2.24) is 15.3 Å². The van der Waals surface area contributed by atoms with Crippen LogP contribution in [0.3, 0.4) is 0 Å². The summed E-state index contributed by atoms with van der Waals surface area (Å²) in [6.45, 7) is 4.94. The number of oxazole rings is 1. The largest absolute Gasteiger partial charge is 0.423 e. The molecule has 2 N–H and O–H groups in total. The molecule has 0 unspecified atom stereocenters. The maximum Gasteiger partial charge on any atom is 0.320 e. The molecule has 0 radical (unpaired) electrons. The zero-order chi connectivity index (χ0) is 17.6. The number of rotatable bonds is 2. The van der Waals surface area contributed by atoms with Crippen LogP contribution in [0.15, 0.2) is 22.6 Å². The van der Waals surface area contributed by atoms with Crippen LogP contribution in [0.1, 0.15) is 29.1 Å². The van der Waals surface area contributed by atoms with Crippen LogP contribution in [-0.2, 0) is 6.42 Å². The number of carbonyl (C=O) groups excluding carboxylic acids is 1. The van der Waals surface area contributed by atoms with Crippen LogP contribution < -0.4 is 15.5 Å². The Morgan fingerprint density at radius 1 is 1.40 bits per heavy atom. The van der Waals surface area contributed by atoms with Crippen LogP contribution in [0.5, 0.6) is 0 Å². The van der Waals surface area contributed by atoms with Crippen LogP contribution in [-0.4, -0.2) is 29.6 Å². The highest BCUT2D eigenvalue weighted by Crippen LogP contribution is 2.38. The van der Waals surface area contributed by atoms with E-state index >= 15 is 0 Å². The van der Waals surface area contributed by atoms with Gasteiger partial charge in [-0.15, -0.1) is 0 Å². The van der Waals surface area contributed by atoms with Crippen LogP contribution >= 0.6 is 11.3 Å². The number of amides is 2. The number of hydrogen-bond acceptors (Lipinski definition) is 6. The van der Waals surface area contributed by atoms with Gasteiger partial charge in [0.25, 0.3) is 6.01 Å². The van der Waals surface area contributed by atoms with Gasteiger partial charge in [-0.3, -0.25) is 5.32 Å². The summed E-state index contributed by atoms with van der Waals surface area (Å²) in [4.78, 5) is 24.0. The van der Waals surface area contributed by atoms with Crippen molar-refractivity contribution < 1.29 is 9.21 Å². The molecule has 3 heterocycles. The molecule has 2 amide bonds. The maximum atomic E-state index is 11.5. The van der Waals surface area contributed by atoms with Crippen LogP contribution in [0.4, 0.5) is 15.9 Å². The number of aromatic nitrogens is 2. The Labute approximate surface area is 149 Å². The second-order valence-electron chi connectivity index (χ2n) is 6.12. The lowest BCUT2D eigenvalue weighted by Gasteiger charge is -2.31. The average Bonchev–Trinajstić information content (AvgIpc) is 3.18. The number of fused-ring (bicyclic) bond motifs is 2. The summed E-state index contributed by atoms with van der Waals surface area (Å²) in [5.74, 6) is 0. The number of anilines is 2. The minimum atomic E-state index is -0.259. The summed E-state index contributed by atoms with van der Waals surface area (Å²) in [6.07, 6.45) is 0.795. The van der Waals surface area contributed by atoms with E-state index in [0.29, 0.717) is 11.1 Å². The van der Waals surface area contributed by atoms with E-state index < -0.39 is 0 Å². The minimum absolute atomic E-state index is 0.0932. The highest BCUT2D eigenvalue weighted by Gasteiger charge is 2.30. The highest BCUT2D eigenvalue weighted by atomic mass is 32.1. The number of aryl methyl sites for hydroxylation is 1. The van der Waals surface area contributed by atoms with Gasteiger partial charge in [-0.1, -0.05) is 17.4 Å². The predicted molar refractivity (Wildman–Crippen MR) is 98.4 cm³/mol. The highest BCUT2D eigenvalue weighted by molar-refractivity contribution is 7.16. The van der Waals surface area contributed by atoms with Crippen molar-refractivity contribution in [1.29, 1.82) is 0 Å². The second kappa shape index (κ2) is 6.03. The van der Waals surface area contributed by atoms with Crippen molar-refractivity contribution in [2.24, 2.45) is 0 Å². The van der Waals surface area contributed by atoms with Gasteiger partial charge < -0.3 is 14.6 Å². The first-order valence-corrected chi connectivity index (χ1v) is 8.99. The molecule has 7 nitrogen and oxygen atoms in total. The average molecular weight is 357 g/mol. The molecule has 4 rings (SSSR count). The third-order valence-corrected chi connectivity index (χ3v) is 5.57. The normalized spacial score (nSPS) is 16.8. The molecular formula is C17H19N5O2S. The first kappa shape index (κ1) is 15.9. The fourth-order valence-electron chi connectivity index (χ4n) is 3.05. The van der Waals surface area contributed by atoms with E-state index in [1.54, 1.807) is 7.05 Å². The molecule has 1 atom stereocenters. The fourth-order valence-corrected chi connectivity index (χ4v) is 4.12. The van der Waals surface area contributed by atoms with Crippen LogP contribution in [0.2, 0.25) is 0 Å². The van der Waals surface area contributed by atoms with E-state index in [2.05, 4.69) is 32.4 Å². The van der Waals surface area contributed by atoms with Gasteiger partial charge in [-0.2, -0.15) is 4.98 Å². The SMILES string of the molecule is CNC(=O)Nc1nc2c(s1)[C@H](C)N(c1nc3cc(C)ccc3o1)CC2. The van der Waals surface area contributed by atoms with Crippen molar-refractivity contribution in [3.05, 3.63) is 34.3 Å². The molecule has 0 spiro atoms. The molecule has 0 aliphatic carbocycles. The molecule has 130 valence electrons. The quantitative estimate of drug-likeness (QED) is 0.734. The molecule has 1 aromatic carbocycles. The molecule has 3 aromatic rings. The lowest BCUT2D eigenvalue weighted by molar-refractivity contribution is 0.254. The van der Waals surface area contributed by atoms with Gasteiger partial charge >= 0.3 is 6.03 Å². The molecule has 2 aromatic heterocycles. The minimum Gasteiger partial charge on any atom is -0.423 e. The van der Waals surface area contributed by atoms with E-state index in [4.69, 9.17) is 4.42 Å². The lowest BCUT2D eigenvalue weighted by Crippen LogP contribution is -2.33. The zero-order valence-corrected chi connectivity index (χ0v) is 15.1. The number of nitrogens with zero attached hydrogens (tertiary/aromatic N) is 3. The predicted octanol–water partition coefficient (Wildman–Crippen LogP) is 3.47.